The summed E-state index contributed by atoms with van der Waals surface area (Å²) in [5.41, 5.74) is 0. The molecule has 0 aliphatic heterocycles. The van der Waals surface area contributed by atoms with E-state index in [1.54, 1.807) is 13.8 Å². The normalized spacial score (nSPS) is 9.44. The highest BCUT2D eigenvalue weighted by molar-refractivity contribution is 9.21. The van der Waals surface area contributed by atoms with Gasteiger partial charge in [-0.3, -0.25) is 0 Å². The molecule has 0 aliphatic carbocycles. The number of ether oxygens (including phenoxy) is 1. The van der Waals surface area contributed by atoms with Gasteiger partial charge >= 0.3 is 6.09 Å². The lowest BCUT2D eigenvalue weighted by atomic mass is 10.5. The van der Waals surface area contributed by atoms with Crippen LogP contribution in [0.15, 0.2) is 0 Å². The SMILES string of the molecule is CC(C)OC(=O)N(Br)Br. The molecule has 0 saturated carbocycles. The van der Waals surface area contributed by atoms with Gasteiger partial charge in [0.1, 0.15) is 0 Å². The molecule has 0 atom stereocenters. The molecular weight excluding hydrogens is 254 g/mol. The van der Waals surface area contributed by atoms with Crippen molar-refractivity contribution in [3.63, 3.8) is 0 Å². The second-order valence-corrected chi connectivity index (χ2v) is 4.04. The third-order valence-corrected chi connectivity index (χ3v) is 1.05. The third-order valence-electron chi connectivity index (χ3n) is 0.475. The largest absolute Gasteiger partial charge is 0.446 e. The molecule has 0 aromatic carbocycles. The maximum absolute atomic E-state index is 10.6. The molecule has 0 aromatic heterocycles. The lowest BCUT2D eigenvalue weighted by Crippen LogP contribution is -2.16. The van der Waals surface area contributed by atoms with Gasteiger partial charge in [-0.1, -0.05) is 0 Å². The fourth-order valence-corrected chi connectivity index (χ4v) is 0.409. The van der Waals surface area contributed by atoms with E-state index in [0.29, 0.717) is 0 Å². The van der Waals surface area contributed by atoms with Gasteiger partial charge in [-0.2, -0.15) is 2.95 Å². The van der Waals surface area contributed by atoms with Crippen LogP contribution in [-0.2, 0) is 4.74 Å². The lowest BCUT2D eigenvalue weighted by molar-refractivity contribution is 0.113. The molecule has 0 spiro atoms. The summed E-state index contributed by atoms with van der Waals surface area (Å²) >= 11 is 5.69. The van der Waals surface area contributed by atoms with E-state index in [2.05, 4.69) is 32.3 Å². The fraction of sp³-hybridized carbons (Fsp3) is 0.750. The number of carbonyl (C=O) groups excluding carboxylic acids is 1. The predicted octanol–water partition coefficient (Wildman–Crippen LogP) is 2.45. The fourth-order valence-electron chi connectivity index (χ4n) is 0.241. The summed E-state index contributed by atoms with van der Waals surface area (Å²) in [7, 11) is 0. The monoisotopic (exact) mass is 259 g/mol. The zero-order valence-corrected chi connectivity index (χ0v) is 8.27. The van der Waals surface area contributed by atoms with Crippen molar-refractivity contribution in [2.24, 2.45) is 0 Å². The highest BCUT2D eigenvalue weighted by atomic mass is 79.9. The quantitative estimate of drug-likeness (QED) is 0.678. The van der Waals surface area contributed by atoms with Crippen LogP contribution >= 0.6 is 32.3 Å². The number of amides is 1. The number of carbonyl (C=O) groups is 1. The van der Waals surface area contributed by atoms with E-state index in [0.717, 1.165) is 2.95 Å². The molecule has 3 nitrogen and oxygen atoms in total. The van der Waals surface area contributed by atoms with Crippen molar-refractivity contribution in [3.8, 4) is 0 Å². The Hall–Kier alpha value is 0.230. The van der Waals surface area contributed by atoms with Crippen molar-refractivity contribution in [3.05, 3.63) is 0 Å². The molecule has 9 heavy (non-hydrogen) atoms. The zero-order chi connectivity index (χ0) is 7.44. The van der Waals surface area contributed by atoms with Crippen molar-refractivity contribution in [2.75, 3.05) is 0 Å². The zero-order valence-electron chi connectivity index (χ0n) is 5.10. The highest BCUT2D eigenvalue weighted by Crippen LogP contribution is 2.08. The first-order valence-corrected chi connectivity index (χ1v) is 3.78. The van der Waals surface area contributed by atoms with Crippen molar-refractivity contribution in [1.29, 1.82) is 0 Å². The number of hydrogen-bond acceptors (Lipinski definition) is 2. The minimum Gasteiger partial charge on any atom is -0.446 e. The summed E-state index contributed by atoms with van der Waals surface area (Å²) in [4.78, 5) is 10.6. The molecule has 0 aliphatic rings. The van der Waals surface area contributed by atoms with E-state index in [-0.39, 0.29) is 6.10 Å². The minimum absolute atomic E-state index is 0.0879. The number of rotatable bonds is 1. The molecule has 0 radical (unpaired) electrons. The number of halogens is 2. The van der Waals surface area contributed by atoms with Crippen LogP contribution in [0.1, 0.15) is 13.8 Å². The minimum atomic E-state index is -0.454. The summed E-state index contributed by atoms with van der Waals surface area (Å²) < 4.78 is 5.73. The molecule has 0 bridgehead atoms. The van der Waals surface area contributed by atoms with Gasteiger partial charge < -0.3 is 4.74 Å². The Morgan fingerprint density at radius 3 is 2.11 bits per heavy atom. The second kappa shape index (κ2) is 4.11. The average molecular weight is 261 g/mol. The van der Waals surface area contributed by atoms with E-state index in [4.69, 9.17) is 4.74 Å². The topological polar surface area (TPSA) is 29.5 Å². The van der Waals surface area contributed by atoms with Crippen LogP contribution in [0.25, 0.3) is 0 Å². The molecular formula is C4H7Br2NO2. The highest BCUT2D eigenvalue weighted by Gasteiger charge is 2.09. The Balaban J connectivity index is 3.51. The average Bonchev–Trinajstić information content (AvgIpc) is 1.63. The van der Waals surface area contributed by atoms with Gasteiger partial charge in [-0.25, -0.2) is 4.79 Å². The molecule has 0 fully saturated rings. The Labute approximate surface area is 71.0 Å². The van der Waals surface area contributed by atoms with Gasteiger partial charge in [-0.15, -0.1) is 0 Å². The van der Waals surface area contributed by atoms with Crippen LogP contribution in [0.4, 0.5) is 4.79 Å². The third kappa shape index (κ3) is 4.72. The molecule has 1 amide bonds. The summed E-state index contributed by atoms with van der Waals surface area (Å²) in [6.45, 7) is 3.56. The first-order valence-electron chi connectivity index (χ1n) is 2.36. The first kappa shape index (κ1) is 9.23. The van der Waals surface area contributed by atoms with Gasteiger partial charge in [0.2, 0.25) is 0 Å². The molecule has 0 aromatic rings. The summed E-state index contributed by atoms with van der Waals surface area (Å²) in [6.07, 6.45) is -0.542. The molecule has 0 rings (SSSR count). The van der Waals surface area contributed by atoms with Gasteiger partial charge in [0.05, 0.1) is 38.4 Å². The summed E-state index contributed by atoms with van der Waals surface area (Å²) in [5, 5.41) is 0. The van der Waals surface area contributed by atoms with Gasteiger partial charge in [0, 0.05) is 0 Å². The van der Waals surface area contributed by atoms with Crippen LogP contribution in [0.5, 0.6) is 0 Å². The molecule has 54 valence electrons. The van der Waals surface area contributed by atoms with E-state index in [1.807, 2.05) is 0 Å². The van der Waals surface area contributed by atoms with Crippen molar-refractivity contribution in [1.82, 2.24) is 2.95 Å². The Bertz CT molecular complexity index is 105. The summed E-state index contributed by atoms with van der Waals surface area (Å²) in [5.74, 6) is 0. The van der Waals surface area contributed by atoms with Crippen LogP contribution in [-0.4, -0.2) is 15.1 Å². The molecule has 0 saturated heterocycles. The maximum atomic E-state index is 10.6. The Morgan fingerprint density at radius 1 is 1.56 bits per heavy atom. The van der Waals surface area contributed by atoms with E-state index >= 15 is 0 Å². The number of hydrogen-bond donors (Lipinski definition) is 0. The van der Waals surface area contributed by atoms with Crippen LogP contribution in [0.3, 0.4) is 0 Å². The maximum Gasteiger partial charge on any atom is 0.430 e. The van der Waals surface area contributed by atoms with Crippen LogP contribution in [0.2, 0.25) is 0 Å². The number of nitrogens with zero attached hydrogens (tertiary/aromatic N) is 1. The first-order chi connectivity index (χ1) is 4.04. The van der Waals surface area contributed by atoms with Crippen molar-refractivity contribution >= 4 is 38.4 Å². The molecule has 5 heteroatoms. The Kier molecular flexibility index (Phi) is 4.22. The molecule has 0 unspecified atom stereocenters. The van der Waals surface area contributed by atoms with Crippen molar-refractivity contribution in [2.45, 2.75) is 20.0 Å². The molecule has 0 heterocycles. The van der Waals surface area contributed by atoms with Gasteiger partial charge in [-0.05, 0) is 13.8 Å². The van der Waals surface area contributed by atoms with E-state index in [1.165, 1.54) is 0 Å². The lowest BCUT2D eigenvalue weighted by Gasteiger charge is -2.08. The molecule has 0 N–H and O–H groups in total. The van der Waals surface area contributed by atoms with Gasteiger partial charge in [0.25, 0.3) is 0 Å². The van der Waals surface area contributed by atoms with E-state index in [9.17, 15) is 4.79 Å². The van der Waals surface area contributed by atoms with Gasteiger partial charge in [0.15, 0.2) is 0 Å². The smallest absolute Gasteiger partial charge is 0.430 e. The standard InChI is InChI=1S/C4H7Br2NO2/c1-3(2)9-4(8)7(5)6/h3H,1-2H3. The summed E-state index contributed by atoms with van der Waals surface area (Å²) in [6, 6.07) is 0. The van der Waals surface area contributed by atoms with Crippen LogP contribution < -0.4 is 0 Å². The predicted molar refractivity (Wildman–Crippen MR) is 41.3 cm³/mol. The Morgan fingerprint density at radius 2 is 2.00 bits per heavy atom. The van der Waals surface area contributed by atoms with Crippen LogP contribution in [0, 0.1) is 0 Å². The second-order valence-electron chi connectivity index (χ2n) is 1.67. The van der Waals surface area contributed by atoms with E-state index < -0.39 is 6.09 Å². The van der Waals surface area contributed by atoms with Crippen molar-refractivity contribution < 1.29 is 9.53 Å².